The highest BCUT2D eigenvalue weighted by molar-refractivity contribution is 7.22. The molecule has 0 unspecified atom stereocenters. The molecule has 0 spiro atoms. The van der Waals surface area contributed by atoms with Crippen LogP contribution in [0.2, 0.25) is 0 Å². The lowest BCUT2D eigenvalue weighted by molar-refractivity contribution is 0.102. The number of hydrogen-bond acceptors (Lipinski definition) is 5. The number of rotatable bonds is 3. The molecule has 0 fully saturated rings. The Morgan fingerprint density at radius 3 is 2.59 bits per heavy atom. The number of aromatic nitrogens is 4. The maximum Gasteiger partial charge on any atom is 0.282 e. The second kappa shape index (κ2) is 6.68. The molecule has 0 bridgehead atoms. The zero-order chi connectivity index (χ0) is 20.0. The molecule has 2 aliphatic rings. The van der Waals surface area contributed by atoms with Crippen molar-refractivity contribution >= 4 is 32.6 Å². The van der Waals surface area contributed by atoms with Crippen molar-refractivity contribution < 1.29 is 4.79 Å². The Bertz CT molecular complexity index is 1350. The van der Waals surface area contributed by atoms with Crippen LogP contribution in [0.4, 0.5) is 5.13 Å². The van der Waals surface area contributed by atoms with E-state index in [1.54, 1.807) is 36.1 Å². The monoisotopic (exact) mass is 401 g/mol. The van der Waals surface area contributed by atoms with E-state index in [1.807, 2.05) is 42.5 Å². The van der Waals surface area contributed by atoms with Gasteiger partial charge in [-0.25, -0.2) is 4.98 Å². The fourth-order valence-electron chi connectivity index (χ4n) is 3.24. The highest BCUT2D eigenvalue weighted by Crippen LogP contribution is 2.27. The Morgan fingerprint density at radius 1 is 1.03 bits per heavy atom. The average molecular weight is 401 g/mol. The van der Waals surface area contributed by atoms with Gasteiger partial charge >= 0.3 is 0 Å². The van der Waals surface area contributed by atoms with Crippen LogP contribution in [0.25, 0.3) is 27.2 Å². The van der Waals surface area contributed by atoms with Crippen LogP contribution in [0.5, 0.6) is 0 Å². The van der Waals surface area contributed by atoms with E-state index in [1.165, 1.54) is 16.0 Å². The minimum Gasteiger partial charge on any atom is -0.356 e. The first-order valence-electron chi connectivity index (χ1n) is 8.91. The number of nitrogens with zero attached hydrogens (tertiary/aromatic N) is 4. The van der Waals surface area contributed by atoms with Crippen molar-refractivity contribution in [2.75, 3.05) is 5.32 Å². The Labute approximate surface area is 169 Å². The third-order valence-electron chi connectivity index (χ3n) is 4.56. The largest absolute Gasteiger partial charge is 0.356 e. The maximum absolute atomic E-state index is 13.0. The van der Waals surface area contributed by atoms with E-state index < -0.39 is 0 Å². The molecule has 0 saturated heterocycles. The minimum atomic E-state index is -0.358. The van der Waals surface area contributed by atoms with Gasteiger partial charge in [0.15, 0.2) is 5.13 Å². The SMILES string of the molecule is Cn1cc(C(=O)Nc2nc3ccccc3s2)c2nn(-c3ccccc3)c(=O)c-2c1. The average Bonchev–Trinajstić information content (AvgIpc) is 3.28. The second-order valence-electron chi connectivity index (χ2n) is 6.59. The maximum atomic E-state index is 13.0. The van der Waals surface area contributed by atoms with Crippen molar-refractivity contribution in [2.24, 2.45) is 7.05 Å². The molecule has 3 heterocycles. The molecule has 7 nitrogen and oxygen atoms in total. The highest BCUT2D eigenvalue weighted by Gasteiger charge is 2.24. The molecule has 0 saturated carbocycles. The third kappa shape index (κ3) is 2.99. The Hall–Kier alpha value is -3.78. The van der Waals surface area contributed by atoms with Crippen LogP contribution in [0.1, 0.15) is 10.4 Å². The molecule has 1 N–H and O–H groups in total. The number of amides is 1. The number of para-hydroxylation sites is 2. The normalized spacial score (nSPS) is 11.2. The molecule has 8 heteroatoms. The van der Waals surface area contributed by atoms with Crippen molar-refractivity contribution in [3.8, 4) is 16.9 Å². The van der Waals surface area contributed by atoms with Gasteiger partial charge in [0.05, 0.1) is 27.0 Å². The molecule has 0 atom stereocenters. The van der Waals surface area contributed by atoms with Crippen LogP contribution in [0.3, 0.4) is 0 Å². The van der Waals surface area contributed by atoms with Gasteiger partial charge in [-0.2, -0.15) is 9.78 Å². The minimum absolute atomic E-state index is 0.267. The lowest BCUT2D eigenvalue weighted by Crippen LogP contribution is -2.16. The molecule has 0 radical (unpaired) electrons. The molecule has 2 aromatic carbocycles. The van der Waals surface area contributed by atoms with E-state index in [0.717, 1.165) is 10.2 Å². The van der Waals surface area contributed by atoms with Crippen molar-refractivity contribution in [1.82, 2.24) is 19.3 Å². The summed E-state index contributed by atoms with van der Waals surface area (Å²) in [5.41, 5.74) is 2.26. The summed E-state index contributed by atoms with van der Waals surface area (Å²) in [5, 5.41) is 7.78. The zero-order valence-corrected chi connectivity index (χ0v) is 16.2. The number of pyridine rings is 1. The number of thiazole rings is 1. The number of anilines is 1. The van der Waals surface area contributed by atoms with E-state index >= 15 is 0 Å². The molecule has 3 aromatic rings. The van der Waals surface area contributed by atoms with Gasteiger partial charge in [-0.1, -0.05) is 41.7 Å². The van der Waals surface area contributed by atoms with Gasteiger partial charge < -0.3 is 4.57 Å². The molecule has 142 valence electrons. The quantitative estimate of drug-likeness (QED) is 0.501. The van der Waals surface area contributed by atoms with Crippen molar-refractivity contribution in [3.63, 3.8) is 0 Å². The van der Waals surface area contributed by atoms with E-state index in [-0.39, 0.29) is 11.5 Å². The Balaban J connectivity index is 1.58. The predicted octanol–water partition coefficient (Wildman–Crippen LogP) is 3.54. The summed E-state index contributed by atoms with van der Waals surface area (Å²) in [5.74, 6) is -0.358. The molecule has 0 aliphatic carbocycles. The van der Waals surface area contributed by atoms with Crippen LogP contribution in [-0.2, 0) is 7.05 Å². The number of carbonyl (C=O) groups is 1. The topological polar surface area (TPSA) is 81.8 Å². The van der Waals surface area contributed by atoms with E-state index in [4.69, 9.17) is 0 Å². The summed E-state index contributed by atoms with van der Waals surface area (Å²) in [6, 6.07) is 16.8. The molecular weight excluding hydrogens is 386 g/mol. The van der Waals surface area contributed by atoms with Crippen LogP contribution < -0.4 is 10.9 Å². The number of aryl methyl sites for hydroxylation is 1. The fraction of sp³-hybridized carbons (Fsp3) is 0.0476. The molecule has 2 aliphatic heterocycles. The zero-order valence-electron chi connectivity index (χ0n) is 15.4. The van der Waals surface area contributed by atoms with E-state index in [9.17, 15) is 9.59 Å². The number of carbonyl (C=O) groups excluding carboxylic acids is 1. The van der Waals surface area contributed by atoms with Gasteiger partial charge in [0.1, 0.15) is 5.69 Å². The second-order valence-corrected chi connectivity index (χ2v) is 7.62. The third-order valence-corrected chi connectivity index (χ3v) is 5.51. The lowest BCUT2D eigenvalue weighted by atomic mass is 10.1. The van der Waals surface area contributed by atoms with Crippen LogP contribution >= 0.6 is 11.3 Å². The first-order chi connectivity index (χ1) is 14.1. The van der Waals surface area contributed by atoms with Gasteiger partial charge in [-0.3, -0.25) is 14.9 Å². The fourth-order valence-corrected chi connectivity index (χ4v) is 4.10. The number of benzene rings is 2. The molecule has 1 amide bonds. The van der Waals surface area contributed by atoms with Gasteiger partial charge in [0, 0.05) is 19.4 Å². The van der Waals surface area contributed by atoms with Crippen LogP contribution in [-0.4, -0.2) is 25.2 Å². The van der Waals surface area contributed by atoms with Crippen LogP contribution in [0, 0.1) is 0 Å². The van der Waals surface area contributed by atoms with E-state index in [2.05, 4.69) is 15.4 Å². The number of hydrogen-bond donors (Lipinski definition) is 1. The van der Waals surface area contributed by atoms with Gasteiger partial charge in [-0.15, -0.1) is 0 Å². The first-order valence-corrected chi connectivity index (χ1v) is 9.73. The Kier molecular flexibility index (Phi) is 3.99. The van der Waals surface area contributed by atoms with Gasteiger partial charge in [0.25, 0.3) is 11.5 Å². The van der Waals surface area contributed by atoms with Gasteiger partial charge in [0.2, 0.25) is 0 Å². The summed E-state index contributed by atoms with van der Waals surface area (Å²) >= 11 is 1.40. The summed E-state index contributed by atoms with van der Waals surface area (Å²) < 4.78 is 3.99. The van der Waals surface area contributed by atoms with Crippen LogP contribution in [0.15, 0.2) is 71.8 Å². The Morgan fingerprint density at radius 2 is 1.79 bits per heavy atom. The van der Waals surface area contributed by atoms with E-state index in [0.29, 0.717) is 27.6 Å². The number of fused-ring (bicyclic) bond motifs is 2. The first kappa shape index (κ1) is 17.3. The van der Waals surface area contributed by atoms with Crippen molar-refractivity contribution in [2.45, 2.75) is 0 Å². The summed E-state index contributed by atoms with van der Waals surface area (Å²) in [4.78, 5) is 30.3. The molecule has 29 heavy (non-hydrogen) atoms. The molecule has 5 rings (SSSR count). The predicted molar refractivity (Wildman–Crippen MR) is 113 cm³/mol. The molecule has 1 aromatic heterocycles. The van der Waals surface area contributed by atoms with Crippen molar-refractivity contribution in [3.05, 3.63) is 82.9 Å². The highest BCUT2D eigenvalue weighted by atomic mass is 32.1. The summed E-state index contributed by atoms with van der Waals surface area (Å²) in [7, 11) is 1.77. The summed E-state index contributed by atoms with van der Waals surface area (Å²) in [6.07, 6.45) is 3.34. The lowest BCUT2D eigenvalue weighted by Gasteiger charge is -2.08. The number of nitrogens with one attached hydrogen (secondary N) is 1. The summed E-state index contributed by atoms with van der Waals surface area (Å²) in [6.45, 7) is 0. The standard InChI is InChI=1S/C21H15N5O2S/c1-25-11-14(19(27)23-21-22-16-9-5-6-10-17(16)29-21)18-15(12-25)20(28)26(24-18)13-7-3-2-4-8-13/h2-12H,1H3,(H,22,23,27). The van der Waals surface area contributed by atoms with Gasteiger partial charge in [-0.05, 0) is 24.3 Å². The molecular formula is C21H15N5O2S. The van der Waals surface area contributed by atoms with Crippen molar-refractivity contribution in [1.29, 1.82) is 0 Å². The smallest absolute Gasteiger partial charge is 0.282 e.